The van der Waals surface area contributed by atoms with E-state index >= 15 is 0 Å². The van der Waals surface area contributed by atoms with Crippen molar-refractivity contribution in [2.75, 3.05) is 6.54 Å². The standard InChI is InChI=1S/C18H17N7O/c26-17(11-25-9-12-3-1-2-4-14(12)23-25)24-6-5-15-16(10-24)22-18(21-15)13-7-19-20-8-13/h1-4,7-9H,5-6,10-11H2,(H,19,20)(H,21,22). The van der Waals surface area contributed by atoms with E-state index in [1.54, 1.807) is 17.1 Å². The maximum Gasteiger partial charge on any atom is 0.244 e. The van der Waals surface area contributed by atoms with E-state index in [4.69, 9.17) is 0 Å². The van der Waals surface area contributed by atoms with Gasteiger partial charge in [-0.3, -0.25) is 14.6 Å². The highest BCUT2D eigenvalue weighted by atomic mass is 16.2. The molecule has 0 spiro atoms. The minimum atomic E-state index is 0.0583. The van der Waals surface area contributed by atoms with E-state index in [1.807, 2.05) is 35.4 Å². The summed E-state index contributed by atoms with van der Waals surface area (Å²) in [6.45, 7) is 1.45. The number of imidazole rings is 1. The number of hydrogen-bond acceptors (Lipinski definition) is 4. The average Bonchev–Trinajstić information content (AvgIpc) is 3.38. The van der Waals surface area contributed by atoms with Crippen molar-refractivity contribution in [3.05, 3.63) is 54.2 Å². The Morgan fingerprint density at radius 1 is 1.27 bits per heavy atom. The molecule has 4 heterocycles. The summed E-state index contributed by atoms with van der Waals surface area (Å²) in [4.78, 5) is 22.5. The zero-order valence-electron chi connectivity index (χ0n) is 14.0. The summed E-state index contributed by atoms with van der Waals surface area (Å²) < 4.78 is 1.71. The molecular formula is C18H17N7O. The smallest absolute Gasteiger partial charge is 0.244 e. The van der Waals surface area contributed by atoms with Gasteiger partial charge >= 0.3 is 0 Å². The van der Waals surface area contributed by atoms with Gasteiger partial charge in [-0.1, -0.05) is 18.2 Å². The van der Waals surface area contributed by atoms with Crippen molar-refractivity contribution in [2.24, 2.45) is 0 Å². The second-order valence-electron chi connectivity index (χ2n) is 6.45. The highest BCUT2D eigenvalue weighted by Gasteiger charge is 2.24. The normalized spacial score (nSPS) is 13.9. The molecule has 1 amide bonds. The number of carbonyl (C=O) groups is 1. The molecule has 0 unspecified atom stereocenters. The molecule has 5 rings (SSSR count). The number of H-pyrrole nitrogens is 2. The van der Waals surface area contributed by atoms with Crippen LogP contribution in [-0.4, -0.2) is 47.3 Å². The Labute approximate surface area is 148 Å². The van der Waals surface area contributed by atoms with Crippen LogP contribution < -0.4 is 0 Å². The van der Waals surface area contributed by atoms with Crippen molar-refractivity contribution in [2.45, 2.75) is 19.5 Å². The maximum atomic E-state index is 12.7. The van der Waals surface area contributed by atoms with Gasteiger partial charge in [0.15, 0.2) is 0 Å². The third-order valence-electron chi connectivity index (χ3n) is 4.71. The molecule has 8 heteroatoms. The number of hydrogen-bond donors (Lipinski definition) is 2. The third kappa shape index (κ3) is 2.55. The predicted octanol–water partition coefficient (Wildman–Crippen LogP) is 1.73. The van der Waals surface area contributed by atoms with Gasteiger partial charge in [0.05, 0.1) is 35.2 Å². The summed E-state index contributed by atoms with van der Waals surface area (Å²) in [6.07, 6.45) is 6.19. The number of rotatable bonds is 3. The summed E-state index contributed by atoms with van der Waals surface area (Å²) in [5.74, 6) is 0.847. The number of amides is 1. The molecule has 26 heavy (non-hydrogen) atoms. The van der Waals surface area contributed by atoms with Gasteiger partial charge in [0, 0.05) is 30.7 Å². The largest absolute Gasteiger partial charge is 0.340 e. The zero-order valence-corrected chi connectivity index (χ0v) is 14.0. The lowest BCUT2D eigenvalue weighted by atomic mass is 10.1. The van der Waals surface area contributed by atoms with E-state index in [0.717, 1.165) is 40.1 Å². The summed E-state index contributed by atoms with van der Waals surface area (Å²) in [7, 11) is 0. The van der Waals surface area contributed by atoms with Gasteiger partial charge in [-0.05, 0) is 6.07 Å². The lowest BCUT2D eigenvalue weighted by molar-refractivity contribution is -0.133. The Bertz CT molecular complexity index is 1040. The average molecular weight is 347 g/mol. The molecule has 0 saturated heterocycles. The van der Waals surface area contributed by atoms with Gasteiger partial charge in [0.1, 0.15) is 12.4 Å². The van der Waals surface area contributed by atoms with Gasteiger partial charge in [0.2, 0.25) is 5.91 Å². The minimum absolute atomic E-state index is 0.0583. The van der Waals surface area contributed by atoms with Crippen LogP contribution in [0.5, 0.6) is 0 Å². The minimum Gasteiger partial charge on any atom is -0.340 e. The molecule has 0 atom stereocenters. The number of fused-ring (bicyclic) bond motifs is 2. The van der Waals surface area contributed by atoms with Crippen LogP contribution in [-0.2, 0) is 24.3 Å². The number of carbonyl (C=O) groups excluding carboxylic acids is 1. The van der Waals surface area contributed by atoms with E-state index in [2.05, 4.69) is 25.3 Å². The molecule has 4 aromatic rings. The van der Waals surface area contributed by atoms with E-state index in [1.165, 1.54) is 0 Å². The summed E-state index contributed by atoms with van der Waals surface area (Å²) in [5, 5.41) is 12.3. The Morgan fingerprint density at radius 3 is 3.04 bits per heavy atom. The molecule has 1 aliphatic heterocycles. The first-order valence-corrected chi connectivity index (χ1v) is 8.53. The van der Waals surface area contributed by atoms with Crippen molar-refractivity contribution in [3.8, 4) is 11.4 Å². The van der Waals surface area contributed by atoms with Crippen molar-refractivity contribution < 1.29 is 4.79 Å². The molecule has 1 aromatic carbocycles. The van der Waals surface area contributed by atoms with Crippen LogP contribution in [0.3, 0.4) is 0 Å². The lowest BCUT2D eigenvalue weighted by Gasteiger charge is -2.26. The predicted molar refractivity (Wildman–Crippen MR) is 95.0 cm³/mol. The Kier molecular flexibility index (Phi) is 3.34. The van der Waals surface area contributed by atoms with Crippen LogP contribution in [0.15, 0.2) is 42.9 Å². The van der Waals surface area contributed by atoms with Crippen LogP contribution in [0.1, 0.15) is 11.4 Å². The van der Waals surface area contributed by atoms with Gasteiger partial charge in [0.25, 0.3) is 0 Å². The van der Waals surface area contributed by atoms with Crippen molar-refractivity contribution in [1.29, 1.82) is 0 Å². The maximum absolute atomic E-state index is 12.7. The van der Waals surface area contributed by atoms with Crippen LogP contribution >= 0.6 is 0 Å². The van der Waals surface area contributed by atoms with Crippen molar-refractivity contribution >= 4 is 16.8 Å². The summed E-state index contributed by atoms with van der Waals surface area (Å²) in [6, 6.07) is 7.87. The molecule has 3 aromatic heterocycles. The number of aromatic nitrogens is 6. The van der Waals surface area contributed by atoms with E-state index in [0.29, 0.717) is 13.1 Å². The van der Waals surface area contributed by atoms with Crippen molar-refractivity contribution in [1.82, 2.24) is 34.8 Å². The third-order valence-corrected chi connectivity index (χ3v) is 4.71. The quantitative estimate of drug-likeness (QED) is 0.590. The van der Waals surface area contributed by atoms with Crippen molar-refractivity contribution in [3.63, 3.8) is 0 Å². The second kappa shape index (κ2) is 5.83. The van der Waals surface area contributed by atoms with Crippen LogP contribution in [0.2, 0.25) is 0 Å². The van der Waals surface area contributed by atoms with E-state index in [-0.39, 0.29) is 12.5 Å². The summed E-state index contributed by atoms with van der Waals surface area (Å²) >= 11 is 0. The van der Waals surface area contributed by atoms with Gasteiger partial charge in [-0.15, -0.1) is 0 Å². The molecule has 0 bridgehead atoms. The van der Waals surface area contributed by atoms with E-state index in [9.17, 15) is 4.79 Å². The molecule has 0 radical (unpaired) electrons. The van der Waals surface area contributed by atoms with Gasteiger partial charge in [-0.2, -0.15) is 10.2 Å². The van der Waals surface area contributed by atoms with Gasteiger partial charge in [-0.25, -0.2) is 4.98 Å². The molecule has 2 N–H and O–H groups in total. The monoisotopic (exact) mass is 347 g/mol. The summed E-state index contributed by atoms with van der Waals surface area (Å²) in [5.41, 5.74) is 3.83. The number of aromatic amines is 2. The first-order valence-electron chi connectivity index (χ1n) is 8.53. The van der Waals surface area contributed by atoms with E-state index < -0.39 is 0 Å². The molecule has 130 valence electrons. The fourth-order valence-electron chi connectivity index (χ4n) is 3.36. The fourth-order valence-corrected chi connectivity index (χ4v) is 3.36. The Balaban J connectivity index is 1.33. The topological polar surface area (TPSA) is 95.5 Å². The molecular weight excluding hydrogens is 330 g/mol. The second-order valence-corrected chi connectivity index (χ2v) is 6.45. The molecule has 8 nitrogen and oxygen atoms in total. The molecule has 0 saturated carbocycles. The Morgan fingerprint density at radius 2 is 2.19 bits per heavy atom. The SMILES string of the molecule is O=C(Cn1cc2ccccc2n1)N1CCc2nc(-c3cn[nH]c3)[nH]c2C1. The number of nitrogens with zero attached hydrogens (tertiary/aromatic N) is 5. The zero-order chi connectivity index (χ0) is 17.5. The molecule has 0 aliphatic carbocycles. The fraction of sp³-hybridized carbons (Fsp3) is 0.222. The highest BCUT2D eigenvalue weighted by Crippen LogP contribution is 2.22. The number of nitrogens with one attached hydrogen (secondary N) is 2. The van der Waals surface area contributed by atoms with Crippen LogP contribution in [0.4, 0.5) is 0 Å². The van der Waals surface area contributed by atoms with Crippen LogP contribution in [0.25, 0.3) is 22.3 Å². The lowest BCUT2D eigenvalue weighted by Crippen LogP contribution is -2.38. The first-order chi connectivity index (χ1) is 12.8. The van der Waals surface area contributed by atoms with Gasteiger partial charge < -0.3 is 9.88 Å². The Hall–Kier alpha value is -3.42. The first kappa shape index (κ1) is 14.9. The number of benzene rings is 1. The highest BCUT2D eigenvalue weighted by molar-refractivity contribution is 5.80. The molecule has 0 fully saturated rings. The molecule has 1 aliphatic rings. The van der Waals surface area contributed by atoms with Crippen LogP contribution in [0, 0.1) is 0 Å².